The number of nitriles is 1. The van der Waals surface area contributed by atoms with Gasteiger partial charge in [0.25, 0.3) is 0 Å². The molecular weight excluding hydrogens is 218 g/mol. The second-order valence-corrected chi connectivity index (χ2v) is 4.30. The number of amides is 1. The predicted molar refractivity (Wildman–Crippen MR) is 61.8 cm³/mol. The van der Waals surface area contributed by atoms with E-state index in [1.165, 1.54) is 0 Å². The van der Waals surface area contributed by atoms with E-state index in [0.29, 0.717) is 18.1 Å². The van der Waals surface area contributed by atoms with Gasteiger partial charge in [0.15, 0.2) is 0 Å². The molecule has 0 saturated heterocycles. The molecule has 0 aliphatic heterocycles. The summed E-state index contributed by atoms with van der Waals surface area (Å²) in [5.41, 5.74) is -1.00. The number of hydrogen-bond donors (Lipinski definition) is 1. The second kappa shape index (κ2) is 5.00. The highest BCUT2D eigenvalue weighted by atomic mass is 16.4. The highest BCUT2D eigenvalue weighted by Crippen LogP contribution is 2.22. The van der Waals surface area contributed by atoms with E-state index in [-0.39, 0.29) is 11.9 Å². The highest BCUT2D eigenvalue weighted by Gasteiger charge is 2.32. The standard InChI is InChI=1S/C12H17N3O2/c1-5-12(4,7-13)11(16)15-9(3)10-14-6-8(2)17-10/h6,9H,5H2,1-4H3,(H,15,16). The number of nitrogens with one attached hydrogen (secondary N) is 1. The first-order valence-electron chi connectivity index (χ1n) is 5.57. The Morgan fingerprint density at radius 1 is 1.76 bits per heavy atom. The van der Waals surface area contributed by atoms with Gasteiger partial charge in [-0.2, -0.15) is 5.26 Å². The Labute approximate surface area is 101 Å². The molecule has 0 aliphatic rings. The van der Waals surface area contributed by atoms with Crippen LogP contribution in [0.5, 0.6) is 0 Å². The van der Waals surface area contributed by atoms with Crippen molar-refractivity contribution >= 4 is 5.91 Å². The Morgan fingerprint density at radius 3 is 2.82 bits per heavy atom. The van der Waals surface area contributed by atoms with Crippen LogP contribution < -0.4 is 5.32 Å². The van der Waals surface area contributed by atoms with Gasteiger partial charge in [0.1, 0.15) is 17.2 Å². The molecular formula is C12H17N3O2. The lowest BCUT2D eigenvalue weighted by Gasteiger charge is -2.20. The van der Waals surface area contributed by atoms with Gasteiger partial charge in [-0.25, -0.2) is 4.98 Å². The minimum absolute atomic E-state index is 0.300. The smallest absolute Gasteiger partial charge is 0.240 e. The topological polar surface area (TPSA) is 78.9 Å². The van der Waals surface area contributed by atoms with E-state index in [9.17, 15) is 4.79 Å². The summed E-state index contributed by atoms with van der Waals surface area (Å²) in [6.07, 6.45) is 2.06. The summed E-state index contributed by atoms with van der Waals surface area (Å²) in [5.74, 6) is 0.845. The van der Waals surface area contributed by atoms with Crippen LogP contribution in [0.4, 0.5) is 0 Å². The molecule has 17 heavy (non-hydrogen) atoms. The SMILES string of the molecule is CCC(C)(C#N)C(=O)NC(C)c1ncc(C)o1. The molecule has 0 spiro atoms. The number of aryl methyl sites for hydroxylation is 1. The average Bonchev–Trinajstić information content (AvgIpc) is 2.74. The van der Waals surface area contributed by atoms with Crippen LogP contribution in [0.1, 0.15) is 44.9 Å². The Hall–Kier alpha value is -1.83. The van der Waals surface area contributed by atoms with Crippen LogP contribution >= 0.6 is 0 Å². The predicted octanol–water partition coefficient (Wildman–Crippen LogP) is 2.10. The van der Waals surface area contributed by atoms with Gasteiger partial charge in [-0.1, -0.05) is 6.92 Å². The molecule has 0 bridgehead atoms. The van der Waals surface area contributed by atoms with Crippen LogP contribution in [0.25, 0.3) is 0 Å². The van der Waals surface area contributed by atoms with Gasteiger partial charge in [0.05, 0.1) is 12.3 Å². The largest absolute Gasteiger partial charge is 0.444 e. The summed E-state index contributed by atoms with van der Waals surface area (Å²) in [5, 5.41) is 11.7. The molecule has 1 heterocycles. The maximum absolute atomic E-state index is 11.9. The summed E-state index contributed by atoms with van der Waals surface area (Å²) >= 11 is 0. The number of aromatic nitrogens is 1. The zero-order valence-corrected chi connectivity index (χ0v) is 10.6. The fraction of sp³-hybridized carbons (Fsp3) is 0.583. The van der Waals surface area contributed by atoms with Crippen molar-refractivity contribution in [1.82, 2.24) is 10.3 Å². The van der Waals surface area contributed by atoms with E-state index in [1.54, 1.807) is 27.0 Å². The molecule has 0 aromatic carbocycles. The van der Waals surface area contributed by atoms with E-state index in [1.807, 2.05) is 13.0 Å². The monoisotopic (exact) mass is 235 g/mol. The van der Waals surface area contributed by atoms with Crippen molar-refractivity contribution in [3.05, 3.63) is 17.8 Å². The quantitative estimate of drug-likeness (QED) is 0.866. The summed E-state index contributed by atoms with van der Waals surface area (Å²) in [4.78, 5) is 16.0. The number of hydrogen-bond acceptors (Lipinski definition) is 4. The van der Waals surface area contributed by atoms with Crippen LogP contribution in [0.15, 0.2) is 10.6 Å². The molecule has 5 heteroatoms. The minimum atomic E-state index is -1.00. The van der Waals surface area contributed by atoms with Gasteiger partial charge in [-0.05, 0) is 27.2 Å². The molecule has 2 atom stereocenters. The van der Waals surface area contributed by atoms with E-state index in [0.717, 1.165) is 0 Å². The van der Waals surface area contributed by atoms with Crippen LogP contribution in [-0.4, -0.2) is 10.9 Å². The lowest BCUT2D eigenvalue weighted by molar-refractivity contribution is -0.128. The molecule has 2 unspecified atom stereocenters. The molecule has 92 valence electrons. The molecule has 0 fully saturated rings. The van der Waals surface area contributed by atoms with Gasteiger partial charge in [-0.15, -0.1) is 0 Å². The third-order valence-corrected chi connectivity index (χ3v) is 2.81. The maximum Gasteiger partial charge on any atom is 0.240 e. The molecule has 0 radical (unpaired) electrons. The third-order valence-electron chi connectivity index (χ3n) is 2.81. The van der Waals surface area contributed by atoms with Crippen molar-refractivity contribution in [1.29, 1.82) is 5.26 Å². The van der Waals surface area contributed by atoms with E-state index < -0.39 is 5.41 Å². The normalized spacial score (nSPS) is 15.7. The summed E-state index contributed by atoms with van der Waals surface area (Å²) < 4.78 is 5.32. The summed E-state index contributed by atoms with van der Waals surface area (Å²) in [7, 11) is 0. The Bertz CT molecular complexity index is 447. The molecule has 5 nitrogen and oxygen atoms in total. The van der Waals surface area contributed by atoms with Crippen molar-refractivity contribution in [2.75, 3.05) is 0 Å². The fourth-order valence-electron chi connectivity index (χ4n) is 1.28. The molecule has 1 amide bonds. The average molecular weight is 235 g/mol. The number of oxazole rings is 1. The number of carbonyl (C=O) groups is 1. The Balaban J connectivity index is 2.73. The van der Waals surface area contributed by atoms with Crippen LogP contribution in [0.2, 0.25) is 0 Å². The number of rotatable bonds is 4. The van der Waals surface area contributed by atoms with Gasteiger partial charge in [0.2, 0.25) is 11.8 Å². The first kappa shape index (κ1) is 13.2. The highest BCUT2D eigenvalue weighted by molar-refractivity contribution is 5.85. The molecule has 0 saturated carbocycles. The Kier molecular flexibility index (Phi) is 3.89. The molecule has 1 rings (SSSR count). The van der Waals surface area contributed by atoms with Crippen molar-refractivity contribution in [3.8, 4) is 6.07 Å². The third kappa shape index (κ3) is 2.84. The molecule has 0 aliphatic carbocycles. The van der Waals surface area contributed by atoms with Gasteiger partial charge < -0.3 is 9.73 Å². The van der Waals surface area contributed by atoms with E-state index in [2.05, 4.69) is 10.3 Å². The fourth-order valence-corrected chi connectivity index (χ4v) is 1.28. The van der Waals surface area contributed by atoms with Crippen molar-refractivity contribution in [3.63, 3.8) is 0 Å². The molecule has 1 aromatic heterocycles. The van der Waals surface area contributed by atoms with E-state index >= 15 is 0 Å². The van der Waals surface area contributed by atoms with Gasteiger partial charge in [0, 0.05) is 0 Å². The lowest BCUT2D eigenvalue weighted by atomic mass is 9.88. The van der Waals surface area contributed by atoms with E-state index in [4.69, 9.17) is 9.68 Å². The zero-order chi connectivity index (χ0) is 13.1. The maximum atomic E-state index is 11.9. The van der Waals surface area contributed by atoms with Crippen LogP contribution in [-0.2, 0) is 4.79 Å². The Morgan fingerprint density at radius 2 is 2.41 bits per heavy atom. The first-order valence-corrected chi connectivity index (χ1v) is 5.57. The van der Waals surface area contributed by atoms with Crippen molar-refractivity contribution < 1.29 is 9.21 Å². The van der Waals surface area contributed by atoms with Crippen molar-refractivity contribution in [2.45, 2.75) is 40.2 Å². The van der Waals surface area contributed by atoms with Crippen molar-refractivity contribution in [2.24, 2.45) is 5.41 Å². The first-order chi connectivity index (χ1) is 7.92. The molecule has 1 N–H and O–H groups in total. The number of nitrogens with zero attached hydrogens (tertiary/aromatic N) is 2. The van der Waals surface area contributed by atoms with Gasteiger partial charge >= 0.3 is 0 Å². The summed E-state index contributed by atoms with van der Waals surface area (Å²) in [6.45, 7) is 6.99. The second-order valence-electron chi connectivity index (χ2n) is 4.30. The van der Waals surface area contributed by atoms with Crippen LogP contribution in [0, 0.1) is 23.7 Å². The lowest BCUT2D eigenvalue weighted by Crippen LogP contribution is -2.39. The van der Waals surface area contributed by atoms with Crippen LogP contribution in [0.3, 0.4) is 0 Å². The van der Waals surface area contributed by atoms with Gasteiger partial charge in [-0.3, -0.25) is 4.79 Å². The molecule has 1 aromatic rings. The number of carbonyl (C=O) groups excluding carboxylic acids is 1. The summed E-state index contributed by atoms with van der Waals surface area (Å²) in [6, 6.07) is 1.69. The minimum Gasteiger partial charge on any atom is -0.444 e. The zero-order valence-electron chi connectivity index (χ0n) is 10.6.